The molecule has 33 heteroatoms. The largest absolute Gasteiger partial charge is 0.444 e. The molecule has 0 radical (unpaired) electrons. The lowest BCUT2D eigenvalue weighted by Crippen LogP contribution is -2.56. The van der Waals surface area contributed by atoms with Crippen molar-refractivity contribution in [3.63, 3.8) is 0 Å². The Morgan fingerprint density at radius 3 is 1.34 bits per heavy atom. The molecular formula is C97H150ClFN14O17. The van der Waals surface area contributed by atoms with Gasteiger partial charge in [0.15, 0.2) is 5.78 Å². The second kappa shape index (κ2) is 49.7. The van der Waals surface area contributed by atoms with Crippen LogP contribution in [0.1, 0.15) is 247 Å². The van der Waals surface area contributed by atoms with Crippen LogP contribution in [-0.2, 0) is 50.9 Å². The van der Waals surface area contributed by atoms with Crippen LogP contribution in [0, 0.1) is 26.0 Å². The maximum atomic E-state index is 12.5. The lowest BCUT2D eigenvalue weighted by molar-refractivity contribution is -0.387. The summed E-state index contributed by atoms with van der Waals surface area (Å²) in [6, 6.07) is 37.3. The molecule has 8 aliphatic rings. The van der Waals surface area contributed by atoms with Gasteiger partial charge in [0.05, 0.1) is 33.7 Å². The van der Waals surface area contributed by atoms with Crippen LogP contribution in [0.2, 0.25) is 0 Å². The van der Waals surface area contributed by atoms with Crippen molar-refractivity contribution < 1.29 is 76.3 Å². The van der Waals surface area contributed by atoms with Gasteiger partial charge in [-0.15, -0.1) is 12.4 Å². The number of para-hydroxylation sites is 6. The third-order valence-corrected chi connectivity index (χ3v) is 22.2. The van der Waals surface area contributed by atoms with Crippen molar-refractivity contribution in [2.24, 2.45) is 5.73 Å². The molecule has 11 unspecified atom stereocenters. The van der Waals surface area contributed by atoms with Gasteiger partial charge >= 0.3 is 36.2 Å². The van der Waals surface area contributed by atoms with Gasteiger partial charge in [-0.2, -0.15) is 4.39 Å². The van der Waals surface area contributed by atoms with Crippen LogP contribution in [-0.4, -0.2) is 228 Å². The molecular weight excluding hydrogens is 1690 g/mol. The smallest absolute Gasteiger partial charge is 0.410 e. The van der Waals surface area contributed by atoms with Gasteiger partial charge in [-0.1, -0.05) is 93.7 Å². The van der Waals surface area contributed by atoms with E-state index in [2.05, 4.69) is 52.9 Å². The Balaban J connectivity index is 0.000000321. The number of anilines is 4. The number of piperidine rings is 5. The predicted molar refractivity (Wildman–Crippen MR) is 512 cm³/mol. The monoisotopic (exact) mass is 1840 g/mol. The molecule has 1 aliphatic carbocycles. The minimum Gasteiger partial charge on any atom is -0.444 e. The number of amides is 6. The quantitative estimate of drug-likeness (QED) is 0.0417. The molecule has 0 saturated carbocycles. The molecule has 11 atom stereocenters. The minimum absolute atomic E-state index is 0. The third-order valence-electron chi connectivity index (χ3n) is 22.2. The molecule has 724 valence electrons. The zero-order chi connectivity index (χ0) is 94.4. The first-order valence-electron chi connectivity index (χ1n) is 44.5. The van der Waals surface area contributed by atoms with Gasteiger partial charge in [-0.25, -0.2) is 24.0 Å². The summed E-state index contributed by atoms with van der Waals surface area (Å²) < 4.78 is 39.4. The first kappa shape index (κ1) is 112. The van der Waals surface area contributed by atoms with Crippen LogP contribution in [0.15, 0.2) is 121 Å². The van der Waals surface area contributed by atoms with Gasteiger partial charge in [0, 0.05) is 143 Å². The number of nitro groups is 2. The van der Waals surface area contributed by atoms with Crippen molar-refractivity contribution in [2.45, 2.75) is 332 Å². The molecule has 6 saturated heterocycles. The maximum absolute atomic E-state index is 12.5. The fraction of sp³-hybridized carbons (Fsp3) is 0.608. The summed E-state index contributed by atoms with van der Waals surface area (Å²) in [5.41, 5.74) is 15.9. The third kappa shape index (κ3) is 35.4. The van der Waals surface area contributed by atoms with Crippen molar-refractivity contribution >= 4 is 94.5 Å². The van der Waals surface area contributed by atoms with E-state index in [1.54, 1.807) is 37.8 Å². The molecule has 7 aliphatic heterocycles. The van der Waals surface area contributed by atoms with E-state index in [0.717, 1.165) is 91.8 Å². The Bertz CT molecular complexity index is 4550. The predicted octanol–water partition coefficient (Wildman–Crippen LogP) is 18.9. The number of hydrogen-bond acceptors (Lipinski definition) is 23. The summed E-state index contributed by atoms with van der Waals surface area (Å²) in [5, 5.41) is 31.3. The average molecular weight is 1840 g/mol. The lowest BCUT2D eigenvalue weighted by Gasteiger charge is -2.42. The average Bonchev–Trinajstić information content (AvgIpc) is 1.03. The number of ketones is 2. The number of nitrogens with zero attached hydrogens (tertiary/aromatic N) is 9. The van der Waals surface area contributed by atoms with E-state index in [1.165, 1.54) is 23.8 Å². The standard InChI is InChI=1S/C19H26N2O3.C17H25N3O4.C17H27N3O2.C14H18N2O.C11H22N2O2.C11H19NO3.C6H4FNO2.2CH4.ClH/c1-13-12-20(9-10-21(13)18(23)24-19(2,3)4)17-15-8-6-5-7-14(15)11-16(17)22;1-12-11-13(9-10-19(12)16(21)24-17(2,3)4)18-14-7-5-6-8-15(14)20(22)23;1-12-11-13(19-15-8-6-5-7-14(15)18)9-10-20(12)16(21)22-17(2,3)4;1-10-8-12(6-7-15-10)16-13-5-3-2-4-11(13)9-14(16)17;1-8-7-9(12)5-6-13(8)10(14)15-11(2,3)4;1-8-7-9(13)5-6-12(8)10(14)15-11(2,3)4;7-5-3-1-2-4-6(5)8(9)10;;;/h5-8,13,17H,9-12H2,1-4H3;5-8,12-13,18H,9-11H2,1-4H3;5-8,12-13,19H,9-11,18H2,1-4H3;2-5,10,12,15H,6-9H2,1H3;8-9H,5-7,12H2,1-4H3;8H,5-7H2,1-4H3;1-4H;2*1H4;1H. The molecule has 6 fully saturated rings. The van der Waals surface area contributed by atoms with E-state index in [4.69, 9.17) is 35.2 Å². The number of nitrogens with two attached hydrogens (primary N) is 2. The number of hydrogen-bond donors (Lipinski definition) is 5. The second-order valence-corrected chi connectivity index (χ2v) is 39.0. The zero-order valence-electron chi connectivity index (χ0n) is 78.9. The number of likely N-dealkylation sites (tertiary alicyclic amines) is 4. The number of fused-ring (bicyclic) bond motifs is 2. The number of carbonyl (C=O) groups is 8. The van der Waals surface area contributed by atoms with E-state index >= 15 is 0 Å². The van der Waals surface area contributed by atoms with Gasteiger partial charge in [0.25, 0.3) is 5.69 Å². The highest BCUT2D eigenvalue weighted by atomic mass is 35.5. The molecule has 0 bridgehead atoms. The second-order valence-electron chi connectivity index (χ2n) is 39.0. The number of nitro benzene ring substituents is 2. The molecule has 130 heavy (non-hydrogen) atoms. The van der Waals surface area contributed by atoms with Crippen molar-refractivity contribution in [1.29, 1.82) is 0 Å². The summed E-state index contributed by atoms with van der Waals surface area (Å²) in [7, 11) is 0. The molecule has 5 aromatic rings. The molecule has 13 rings (SSSR count). The highest BCUT2D eigenvalue weighted by molar-refractivity contribution is 6.02. The first-order chi connectivity index (χ1) is 59.2. The summed E-state index contributed by atoms with van der Waals surface area (Å²) in [6.07, 6.45) is 7.69. The highest BCUT2D eigenvalue weighted by Gasteiger charge is 2.42. The van der Waals surface area contributed by atoms with Gasteiger partial charge in [-0.3, -0.25) is 39.5 Å². The molecule has 5 aromatic carbocycles. The first-order valence-corrected chi connectivity index (χ1v) is 44.5. The van der Waals surface area contributed by atoms with Crippen LogP contribution in [0.5, 0.6) is 0 Å². The van der Waals surface area contributed by atoms with E-state index in [-0.39, 0.29) is 134 Å². The van der Waals surface area contributed by atoms with Crippen LogP contribution < -0.4 is 32.3 Å². The van der Waals surface area contributed by atoms with Gasteiger partial charge in [0.2, 0.25) is 11.7 Å². The van der Waals surface area contributed by atoms with Gasteiger partial charge in [0.1, 0.15) is 39.5 Å². The van der Waals surface area contributed by atoms with Crippen molar-refractivity contribution in [1.82, 2.24) is 34.7 Å². The van der Waals surface area contributed by atoms with Crippen molar-refractivity contribution in [3.8, 4) is 0 Å². The van der Waals surface area contributed by atoms with Crippen LogP contribution in [0.3, 0.4) is 0 Å². The fourth-order valence-electron chi connectivity index (χ4n) is 16.3. The van der Waals surface area contributed by atoms with Gasteiger partial charge < -0.3 is 80.5 Å². The normalized spacial score (nSPS) is 22.5. The summed E-state index contributed by atoms with van der Waals surface area (Å²) in [5.74, 6) is -0.0470. The number of carbonyl (C=O) groups excluding carboxylic acids is 8. The number of nitrogens with one attached hydrogen (secondary N) is 3. The Labute approximate surface area is 776 Å². The topological polar surface area (TPSA) is 380 Å². The lowest BCUT2D eigenvalue weighted by atomic mass is 9.98. The molecule has 7 heterocycles. The Hall–Kier alpha value is -10.4. The van der Waals surface area contributed by atoms with E-state index in [0.29, 0.717) is 102 Å². The number of rotatable bonds is 8. The van der Waals surface area contributed by atoms with Crippen LogP contribution in [0.25, 0.3) is 0 Å². The summed E-state index contributed by atoms with van der Waals surface area (Å²) in [6.45, 7) is 45.5. The Kier molecular flexibility index (Phi) is 42.8. The van der Waals surface area contributed by atoms with Crippen LogP contribution >= 0.6 is 12.4 Å². The highest BCUT2D eigenvalue weighted by Crippen LogP contribution is 2.37. The number of Topliss-reactive ketones (excluding diaryl/α,β-unsaturated/α-hetero) is 2. The Morgan fingerprint density at radius 2 is 0.892 bits per heavy atom. The number of halogens is 2. The number of piperazine rings is 1. The number of ether oxygens (including phenoxy) is 5. The van der Waals surface area contributed by atoms with Crippen LogP contribution in [0.4, 0.5) is 62.5 Å². The summed E-state index contributed by atoms with van der Waals surface area (Å²) >= 11 is 0. The zero-order valence-corrected chi connectivity index (χ0v) is 79.8. The van der Waals surface area contributed by atoms with Crippen molar-refractivity contribution in [3.05, 3.63) is 164 Å². The maximum Gasteiger partial charge on any atom is 0.410 e. The number of nitrogen functional groups attached to an aromatic ring is 1. The molecule has 0 aromatic heterocycles. The molecule has 0 spiro atoms. The van der Waals surface area contributed by atoms with Crippen molar-refractivity contribution in [2.75, 3.05) is 73.6 Å². The van der Waals surface area contributed by atoms with E-state index < -0.39 is 44.4 Å². The number of benzene rings is 5. The Morgan fingerprint density at radius 1 is 0.477 bits per heavy atom. The summed E-state index contributed by atoms with van der Waals surface area (Å²) in [4.78, 5) is 129. The molecule has 7 N–H and O–H groups in total. The molecule has 31 nitrogen and oxygen atoms in total. The minimum atomic E-state index is -0.799. The van der Waals surface area contributed by atoms with Gasteiger partial charge in [-0.05, 0) is 250 Å². The molecule has 6 amide bonds. The SMILES string of the molecule is C.C.CC1CC(=O)CCN1C(=O)OC(C)(C)C.CC1CC(N)CCN1C(=O)OC(C)(C)C.CC1CC(N2C(=O)Cc3ccccc32)CCN1.CC1CC(Nc2ccccc2N)CCN1C(=O)OC(C)(C)C.CC1CC(Nc2ccccc2[N+](=O)[O-])CCN1C(=O)OC(C)(C)C.CC1CN(C2C(=O)Cc3ccccc32)CCN1C(=O)OC(C)(C)C.Cl.O=[N+]([O-])c1ccccc1F. The van der Waals surface area contributed by atoms with E-state index in [1.807, 2.05) is 196 Å². The van der Waals surface area contributed by atoms with E-state index in [9.17, 15) is 63.0 Å². The fourth-order valence-corrected chi connectivity index (χ4v) is 16.3.